The molecule has 0 saturated heterocycles. The minimum Gasteiger partial charge on any atom is -0.492 e. The van der Waals surface area contributed by atoms with Crippen LogP contribution in [-0.2, 0) is 18.5 Å². The zero-order valence-corrected chi connectivity index (χ0v) is 16.6. The van der Waals surface area contributed by atoms with Gasteiger partial charge in [0.05, 0.1) is 13.1 Å². The number of rotatable bonds is 6. The highest BCUT2D eigenvalue weighted by Crippen LogP contribution is 2.24. The van der Waals surface area contributed by atoms with Crippen LogP contribution in [0.3, 0.4) is 0 Å². The lowest BCUT2D eigenvalue weighted by Crippen LogP contribution is -2.39. The molecule has 0 atom stereocenters. The highest BCUT2D eigenvalue weighted by atomic mass is 16.5. The van der Waals surface area contributed by atoms with Crippen LogP contribution in [0.1, 0.15) is 31.9 Å². The first kappa shape index (κ1) is 19.7. The first-order valence-corrected chi connectivity index (χ1v) is 9.42. The molecule has 0 saturated carbocycles. The van der Waals surface area contributed by atoms with Crippen molar-refractivity contribution in [2.24, 2.45) is 0 Å². The molecule has 2 aromatic carbocycles. The van der Waals surface area contributed by atoms with Crippen LogP contribution in [0.15, 0.2) is 76.4 Å². The fourth-order valence-electron chi connectivity index (χ4n) is 2.95. The average molecular weight is 378 g/mol. The van der Waals surface area contributed by atoms with Crippen molar-refractivity contribution < 1.29 is 4.74 Å². The molecular formula is C23H26N2O3. The molecule has 0 aliphatic carbocycles. The summed E-state index contributed by atoms with van der Waals surface area (Å²) < 4.78 is 8.53. The Kier molecular flexibility index (Phi) is 5.83. The molecule has 28 heavy (non-hydrogen) atoms. The number of nitrogens with zero attached hydrogens (tertiary/aromatic N) is 2. The molecule has 0 bridgehead atoms. The summed E-state index contributed by atoms with van der Waals surface area (Å²) in [5, 5.41) is 0. The van der Waals surface area contributed by atoms with Crippen LogP contribution >= 0.6 is 0 Å². The van der Waals surface area contributed by atoms with E-state index in [9.17, 15) is 9.59 Å². The van der Waals surface area contributed by atoms with Gasteiger partial charge in [-0.05, 0) is 28.7 Å². The van der Waals surface area contributed by atoms with Gasteiger partial charge in [0.1, 0.15) is 12.4 Å². The standard InChI is InChI=1S/C23H26N2O3/c1-23(2,3)19-9-11-20(12-10-19)28-16-15-24-14-13-21(26)25(22(24)27)17-18-7-5-4-6-8-18/h4-14H,15-17H2,1-3H3. The number of ether oxygens (including phenoxy) is 1. The second kappa shape index (κ2) is 8.30. The van der Waals surface area contributed by atoms with Crippen LogP contribution in [0.4, 0.5) is 0 Å². The predicted octanol–water partition coefficient (Wildman–Crippen LogP) is 3.43. The molecule has 3 rings (SSSR count). The average Bonchev–Trinajstić information content (AvgIpc) is 2.67. The zero-order chi connectivity index (χ0) is 20.1. The molecule has 3 aromatic rings. The molecule has 1 aromatic heterocycles. The third-order valence-corrected chi connectivity index (χ3v) is 4.64. The lowest BCUT2D eigenvalue weighted by Gasteiger charge is -2.19. The summed E-state index contributed by atoms with van der Waals surface area (Å²) in [6.45, 7) is 7.47. The van der Waals surface area contributed by atoms with E-state index in [4.69, 9.17) is 4.74 Å². The van der Waals surface area contributed by atoms with E-state index in [1.54, 1.807) is 0 Å². The van der Waals surface area contributed by atoms with Gasteiger partial charge < -0.3 is 4.74 Å². The molecular weight excluding hydrogens is 352 g/mol. The molecule has 0 aliphatic rings. The fourth-order valence-corrected chi connectivity index (χ4v) is 2.95. The van der Waals surface area contributed by atoms with Gasteiger partial charge in [0, 0.05) is 12.3 Å². The normalized spacial score (nSPS) is 11.4. The first-order chi connectivity index (χ1) is 13.3. The summed E-state index contributed by atoms with van der Waals surface area (Å²) in [5.41, 5.74) is 1.61. The van der Waals surface area contributed by atoms with Crippen molar-refractivity contribution in [3.05, 3.63) is 98.8 Å². The van der Waals surface area contributed by atoms with Crippen molar-refractivity contribution in [3.63, 3.8) is 0 Å². The number of benzene rings is 2. The fraction of sp³-hybridized carbons (Fsp3) is 0.304. The van der Waals surface area contributed by atoms with Crippen LogP contribution in [0.5, 0.6) is 5.75 Å². The van der Waals surface area contributed by atoms with Gasteiger partial charge in [-0.1, -0.05) is 63.2 Å². The van der Waals surface area contributed by atoms with Crippen molar-refractivity contribution in [2.45, 2.75) is 39.3 Å². The SMILES string of the molecule is CC(C)(C)c1ccc(OCCn2ccc(=O)n(Cc3ccccc3)c2=O)cc1. The summed E-state index contributed by atoms with van der Waals surface area (Å²) in [6, 6.07) is 18.9. The lowest BCUT2D eigenvalue weighted by molar-refractivity contribution is 0.293. The van der Waals surface area contributed by atoms with Crippen molar-refractivity contribution in [3.8, 4) is 5.75 Å². The van der Waals surface area contributed by atoms with Crippen molar-refractivity contribution in [1.82, 2.24) is 9.13 Å². The summed E-state index contributed by atoms with van der Waals surface area (Å²) in [4.78, 5) is 24.8. The minimum atomic E-state index is -0.331. The van der Waals surface area contributed by atoms with Crippen LogP contribution in [-0.4, -0.2) is 15.7 Å². The number of hydrogen-bond donors (Lipinski definition) is 0. The largest absolute Gasteiger partial charge is 0.492 e. The number of hydrogen-bond acceptors (Lipinski definition) is 3. The van der Waals surface area contributed by atoms with Gasteiger partial charge >= 0.3 is 5.69 Å². The van der Waals surface area contributed by atoms with Gasteiger partial charge in [-0.25, -0.2) is 4.79 Å². The molecule has 0 amide bonds. The Morgan fingerprint density at radius 3 is 2.21 bits per heavy atom. The van der Waals surface area contributed by atoms with Gasteiger partial charge in [-0.3, -0.25) is 13.9 Å². The van der Waals surface area contributed by atoms with E-state index in [1.165, 1.54) is 27.0 Å². The molecule has 0 fully saturated rings. The van der Waals surface area contributed by atoms with Crippen LogP contribution in [0.2, 0.25) is 0 Å². The molecule has 1 heterocycles. The Balaban J connectivity index is 1.67. The first-order valence-electron chi connectivity index (χ1n) is 9.42. The van der Waals surface area contributed by atoms with Crippen molar-refractivity contribution >= 4 is 0 Å². The summed E-state index contributed by atoms with van der Waals surface area (Å²) >= 11 is 0. The van der Waals surface area contributed by atoms with E-state index in [0.717, 1.165) is 11.3 Å². The smallest absolute Gasteiger partial charge is 0.331 e. The van der Waals surface area contributed by atoms with E-state index >= 15 is 0 Å². The van der Waals surface area contributed by atoms with Gasteiger partial charge in [-0.2, -0.15) is 0 Å². The van der Waals surface area contributed by atoms with E-state index < -0.39 is 0 Å². The Hall–Kier alpha value is -3.08. The van der Waals surface area contributed by atoms with Gasteiger partial charge in [0.15, 0.2) is 0 Å². The third kappa shape index (κ3) is 4.80. The van der Waals surface area contributed by atoms with E-state index in [0.29, 0.717) is 13.2 Å². The van der Waals surface area contributed by atoms with Crippen LogP contribution in [0.25, 0.3) is 0 Å². The molecule has 5 heteroatoms. The van der Waals surface area contributed by atoms with E-state index in [1.807, 2.05) is 42.5 Å². The summed E-state index contributed by atoms with van der Waals surface area (Å²) in [6.07, 6.45) is 1.53. The van der Waals surface area contributed by atoms with Crippen molar-refractivity contribution in [2.75, 3.05) is 6.61 Å². The van der Waals surface area contributed by atoms with E-state index in [-0.39, 0.29) is 23.2 Å². The summed E-state index contributed by atoms with van der Waals surface area (Å²) in [7, 11) is 0. The molecule has 0 spiro atoms. The maximum absolute atomic E-state index is 12.7. The van der Waals surface area contributed by atoms with Gasteiger partial charge in [-0.15, -0.1) is 0 Å². The number of aromatic nitrogens is 2. The third-order valence-electron chi connectivity index (χ3n) is 4.64. The monoisotopic (exact) mass is 378 g/mol. The van der Waals surface area contributed by atoms with Crippen LogP contribution in [0, 0.1) is 0 Å². The lowest BCUT2D eigenvalue weighted by atomic mass is 9.87. The Bertz CT molecular complexity index is 1030. The maximum atomic E-state index is 12.7. The molecule has 0 N–H and O–H groups in total. The molecule has 146 valence electrons. The van der Waals surface area contributed by atoms with Gasteiger partial charge in [0.2, 0.25) is 0 Å². The second-order valence-electron chi connectivity index (χ2n) is 7.82. The predicted molar refractivity (Wildman–Crippen MR) is 111 cm³/mol. The zero-order valence-electron chi connectivity index (χ0n) is 16.6. The summed E-state index contributed by atoms with van der Waals surface area (Å²) in [5.74, 6) is 0.763. The highest BCUT2D eigenvalue weighted by Gasteiger charge is 2.13. The highest BCUT2D eigenvalue weighted by molar-refractivity contribution is 5.31. The minimum absolute atomic E-state index is 0.0955. The van der Waals surface area contributed by atoms with E-state index in [2.05, 4.69) is 32.9 Å². The second-order valence-corrected chi connectivity index (χ2v) is 7.82. The molecule has 0 aliphatic heterocycles. The van der Waals surface area contributed by atoms with Gasteiger partial charge in [0.25, 0.3) is 5.56 Å². The molecule has 0 unspecified atom stereocenters. The molecule has 0 radical (unpaired) electrons. The Morgan fingerprint density at radius 1 is 0.893 bits per heavy atom. The molecule has 5 nitrogen and oxygen atoms in total. The topological polar surface area (TPSA) is 53.2 Å². The Labute approximate surface area is 164 Å². The van der Waals surface area contributed by atoms with Crippen LogP contribution < -0.4 is 16.0 Å². The Morgan fingerprint density at radius 2 is 1.57 bits per heavy atom. The maximum Gasteiger partial charge on any atom is 0.331 e. The quantitative estimate of drug-likeness (QED) is 0.660. The van der Waals surface area contributed by atoms with Crippen molar-refractivity contribution in [1.29, 1.82) is 0 Å².